The fourth-order valence-corrected chi connectivity index (χ4v) is 3.83. The van der Waals surface area contributed by atoms with E-state index in [4.69, 9.17) is 32.7 Å². The Kier molecular flexibility index (Phi) is 4.88. The van der Waals surface area contributed by atoms with Crippen LogP contribution in [0, 0.1) is 0 Å². The topological polar surface area (TPSA) is 68.7 Å². The Hall–Kier alpha value is -0.440. The summed E-state index contributed by atoms with van der Waals surface area (Å²) < 4.78 is 36.7. The van der Waals surface area contributed by atoms with Crippen LogP contribution < -0.4 is 0 Å². The summed E-state index contributed by atoms with van der Waals surface area (Å²) in [5, 5.41) is 0.162. The molecule has 0 N–H and O–H groups in total. The highest BCUT2D eigenvalue weighted by atomic mass is 35.5. The Morgan fingerprint density at radius 3 is 2.25 bits per heavy atom. The molecule has 0 saturated carbocycles. The summed E-state index contributed by atoms with van der Waals surface area (Å²) in [6, 6.07) is 1.29. The molecule has 0 radical (unpaired) electrons. The molecule has 0 aromatic carbocycles. The zero-order chi connectivity index (χ0) is 14.9. The lowest BCUT2D eigenvalue weighted by atomic mass is 10.3. The molecule has 6 nitrogen and oxygen atoms in total. The molecule has 0 amide bonds. The molecule has 1 fully saturated rings. The smallest absolute Gasteiger partial charge is 0.244 e. The van der Waals surface area contributed by atoms with Gasteiger partial charge in [0, 0.05) is 33.5 Å². The average Bonchev–Trinajstić information content (AvgIpc) is 2.85. The first kappa shape index (κ1) is 15.9. The molecule has 0 bridgehead atoms. The summed E-state index contributed by atoms with van der Waals surface area (Å²) in [5.41, 5.74) is 0. The molecule has 1 saturated heterocycles. The second kappa shape index (κ2) is 6.13. The van der Waals surface area contributed by atoms with Crippen molar-refractivity contribution in [2.75, 3.05) is 27.3 Å². The maximum Gasteiger partial charge on any atom is 0.244 e. The van der Waals surface area contributed by atoms with Crippen LogP contribution in [-0.4, -0.2) is 57.2 Å². The number of sulfonamides is 1. The van der Waals surface area contributed by atoms with E-state index in [1.165, 1.54) is 30.8 Å². The van der Waals surface area contributed by atoms with Crippen molar-refractivity contribution in [2.24, 2.45) is 0 Å². The zero-order valence-electron chi connectivity index (χ0n) is 10.9. The number of nitrogens with zero attached hydrogens (tertiary/aromatic N) is 2. The van der Waals surface area contributed by atoms with Crippen LogP contribution in [0.15, 0.2) is 17.2 Å². The standard InChI is InChI=1S/C11H14Cl2N2O4S/c1-18-9-5-15(6-10(9)19-2)20(16,17)7-3-8(12)11(13)14-4-7/h3-4,9-10H,5-6H2,1-2H3. The van der Waals surface area contributed by atoms with Crippen molar-refractivity contribution < 1.29 is 17.9 Å². The van der Waals surface area contributed by atoms with Gasteiger partial charge in [-0.1, -0.05) is 23.2 Å². The second-order valence-electron chi connectivity index (χ2n) is 4.31. The summed E-state index contributed by atoms with van der Waals surface area (Å²) in [7, 11) is -0.654. The molecule has 20 heavy (non-hydrogen) atoms. The molecule has 1 aliphatic rings. The van der Waals surface area contributed by atoms with E-state index >= 15 is 0 Å². The Morgan fingerprint density at radius 1 is 1.25 bits per heavy atom. The molecule has 1 aliphatic heterocycles. The van der Waals surface area contributed by atoms with E-state index in [1.54, 1.807) is 0 Å². The van der Waals surface area contributed by atoms with E-state index in [1.807, 2.05) is 0 Å². The van der Waals surface area contributed by atoms with Crippen molar-refractivity contribution in [3.05, 3.63) is 22.4 Å². The monoisotopic (exact) mass is 340 g/mol. The molecule has 1 aromatic heterocycles. The van der Waals surface area contributed by atoms with Crippen LogP contribution in [-0.2, 0) is 19.5 Å². The third-order valence-corrected chi connectivity index (χ3v) is 5.68. The maximum absolute atomic E-state index is 12.5. The molecule has 2 heterocycles. The SMILES string of the molecule is COC1CN(S(=O)(=O)c2cnc(Cl)c(Cl)c2)CC1OC. The summed E-state index contributed by atoms with van der Waals surface area (Å²) in [6.45, 7) is 0.440. The van der Waals surface area contributed by atoms with Gasteiger partial charge in [-0.15, -0.1) is 0 Å². The van der Waals surface area contributed by atoms with Crippen LogP contribution in [0.2, 0.25) is 10.2 Å². The van der Waals surface area contributed by atoms with Gasteiger partial charge in [-0.3, -0.25) is 0 Å². The quantitative estimate of drug-likeness (QED) is 0.775. The number of hydrogen-bond acceptors (Lipinski definition) is 5. The van der Waals surface area contributed by atoms with Crippen molar-refractivity contribution in [1.29, 1.82) is 0 Å². The van der Waals surface area contributed by atoms with Crippen molar-refractivity contribution in [1.82, 2.24) is 9.29 Å². The van der Waals surface area contributed by atoms with Crippen LogP contribution in [0.3, 0.4) is 0 Å². The number of ether oxygens (including phenoxy) is 2. The second-order valence-corrected chi connectivity index (χ2v) is 7.02. The molecule has 0 aliphatic carbocycles. The van der Waals surface area contributed by atoms with Gasteiger partial charge in [0.2, 0.25) is 10.0 Å². The van der Waals surface area contributed by atoms with Crippen LogP contribution in [0.1, 0.15) is 0 Å². The Bertz CT molecular complexity index is 584. The minimum Gasteiger partial charge on any atom is -0.377 e. The molecule has 0 spiro atoms. The zero-order valence-corrected chi connectivity index (χ0v) is 13.2. The van der Waals surface area contributed by atoms with E-state index in [0.29, 0.717) is 0 Å². The minimum atomic E-state index is -3.70. The van der Waals surface area contributed by atoms with Gasteiger partial charge in [0.15, 0.2) is 0 Å². The lowest BCUT2D eigenvalue weighted by Crippen LogP contribution is -2.30. The third kappa shape index (κ3) is 2.93. The molecule has 2 unspecified atom stereocenters. The highest BCUT2D eigenvalue weighted by molar-refractivity contribution is 7.89. The van der Waals surface area contributed by atoms with Gasteiger partial charge in [-0.05, 0) is 6.07 Å². The molecule has 1 aromatic rings. The van der Waals surface area contributed by atoms with Crippen LogP contribution in [0.5, 0.6) is 0 Å². The molecule has 2 atom stereocenters. The molecule has 9 heteroatoms. The molecular weight excluding hydrogens is 327 g/mol. The molecule has 112 valence electrons. The van der Waals surface area contributed by atoms with Gasteiger partial charge in [-0.25, -0.2) is 13.4 Å². The predicted octanol–water partition coefficient (Wildman–Crippen LogP) is 1.42. The molecular formula is C11H14Cl2N2O4S. The van der Waals surface area contributed by atoms with Crippen molar-refractivity contribution >= 4 is 33.2 Å². The number of aromatic nitrogens is 1. The van der Waals surface area contributed by atoms with Gasteiger partial charge >= 0.3 is 0 Å². The van der Waals surface area contributed by atoms with Gasteiger partial charge in [0.05, 0.1) is 17.2 Å². The van der Waals surface area contributed by atoms with Crippen molar-refractivity contribution in [3.8, 4) is 0 Å². The average molecular weight is 341 g/mol. The van der Waals surface area contributed by atoms with Crippen molar-refractivity contribution in [3.63, 3.8) is 0 Å². The van der Waals surface area contributed by atoms with E-state index in [0.717, 1.165) is 0 Å². The van der Waals surface area contributed by atoms with Crippen LogP contribution in [0.25, 0.3) is 0 Å². The van der Waals surface area contributed by atoms with E-state index < -0.39 is 10.0 Å². The van der Waals surface area contributed by atoms with E-state index in [2.05, 4.69) is 4.98 Å². The minimum absolute atomic E-state index is 0.00138. The lowest BCUT2D eigenvalue weighted by molar-refractivity contribution is -0.00461. The van der Waals surface area contributed by atoms with Crippen LogP contribution in [0.4, 0.5) is 0 Å². The first-order chi connectivity index (χ1) is 9.40. The van der Waals surface area contributed by atoms with Crippen LogP contribution >= 0.6 is 23.2 Å². The van der Waals surface area contributed by atoms with Crippen molar-refractivity contribution in [2.45, 2.75) is 17.1 Å². The van der Waals surface area contributed by atoms with Gasteiger partial charge < -0.3 is 9.47 Å². The van der Waals surface area contributed by atoms with E-state index in [-0.39, 0.29) is 40.4 Å². The van der Waals surface area contributed by atoms with E-state index in [9.17, 15) is 8.42 Å². The Balaban J connectivity index is 2.29. The number of rotatable bonds is 4. The Labute approximate surface area is 127 Å². The number of halogens is 2. The predicted molar refractivity (Wildman–Crippen MR) is 74.6 cm³/mol. The van der Waals surface area contributed by atoms with Gasteiger partial charge in [0.1, 0.15) is 10.0 Å². The normalized spacial score (nSPS) is 24.2. The summed E-state index contributed by atoms with van der Waals surface area (Å²) in [4.78, 5) is 3.76. The number of pyridine rings is 1. The fraction of sp³-hybridized carbons (Fsp3) is 0.545. The maximum atomic E-state index is 12.5. The summed E-state index contributed by atoms with van der Waals surface area (Å²) >= 11 is 11.5. The number of methoxy groups -OCH3 is 2. The molecule has 2 rings (SSSR count). The number of hydrogen-bond donors (Lipinski definition) is 0. The summed E-state index contributed by atoms with van der Waals surface area (Å²) in [5.74, 6) is 0. The summed E-state index contributed by atoms with van der Waals surface area (Å²) in [6.07, 6.45) is 0.585. The van der Waals surface area contributed by atoms with Gasteiger partial charge in [0.25, 0.3) is 0 Å². The van der Waals surface area contributed by atoms with Gasteiger partial charge in [-0.2, -0.15) is 4.31 Å². The first-order valence-corrected chi connectivity index (χ1v) is 7.96. The largest absolute Gasteiger partial charge is 0.377 e. The highest BCUT2D eigenvalue weighted by Gasteiger charge is 2.40. The lowest BCUT2D eigenvalue weighted by Gasteiger charge is -2.15. The fourth-order valence-electron chi connectivity index (χ4n) is 2.05. The highest BCUT2D eigenvalue weighted by Crippen LogP contribution is 2.27. The third-order valence-electron chi connectivity index (χ3n) is 3.20. The Morgan fingerprint density at radius 2 is 1.80 bits per heavy atom. The first-order valence-electron chi connectivity index (χ1n) is 5.77.